The Bertz CT molecular complexity index is 193. The fourth-order valence-corrected chi connectivity index (χ4v) is 2.96. The summed E-state index contributed by atoms with van der Waals surface area (Å²) in [4.78, 5) is 4.98. The van der Waals surface area contributed by atoms with Crippen LogP contribution < -0.4 is 5.73 Å². The number of hydrogen-bond acceptors (Lipinski definition) is 3. The van der Waals surface area contributed by atoms with Crippen molar-refractivity contribution in [3.8, 4) is 0 Å². The second-order valence-electron chi connectivity index (χ2n) is 5.31. The first-order chi connectivity index (χ1) is 7.59. The Labute approximate surface area is 101 Å². The molecule has 0 aromatic carbocycles. The van der Waals surface area contributed by atoms with E-state index in [9.17, 15) is 0 Å². The summed E-state index contributed by atoms with van der Waals surface area (Å²) in [5, 5.41) is 0. The van der Waals surface area contributed by atoms with Gasteiger partial charge in [-0.05, 0) is 52.9 Å². The fraction of sp³-hybridized carbons (Fsp3) is 1.00. The molecule has 0 aliphatic carbocycles. The van der Waals surface area contributed by atoms with Crippen LogP contribution >= 0.6 is 0 Å². The molecule has 0 saturated carbocycles. The zero-order chi connectivity index (χ0) is 12.2. The van der Waals surface area contributed by atoms with Crippen molar-refractivity contribution in [3.63, 3.8) is 0 Å². The third kappa shape index (κ3) is 2.76. The maximum absolute atomic E-state index is 6.07. The van der Waals surface area contributed by atoms with Crippen LogP contribution in [0.1, 0.15) is 39.5 Å². The third-order valence-electron chi connectivity index (χ3n) is 4.54. The maximum atomic E-state index is 6.07. The smallest absolute Gasteiger partial charge is 0.0355 e. The van der Waals surface area contributed by atoms with Crippen molar-refractivity contribution in [1.29, 1.82) is 0 Å². The van der Waals surface area contributed by atoms with E-state index in [0.717, 1.165) is 6.54 Å². The molecule has 1 aliphatic rings. The van der Waals surface area contributed by atoms with Crippen molar-refractivity contribution < 1.29 is 0 Å². The number of piperidine rings is 1. The van der Waals surface area contributed by atoms with E-state index in [1.807, 2.05) is 0 Å². The topological polar surface area (TPSA) is 32.5 Å². The van der Waals surface area contributed by atoms with Crippen molar-refractivity contribution in [2.24, 2.45) is 5.73 Å². The van der Waals surface area contributed by atoms with E-state index in [4.69, 9.17) is 5.73 Å². The second kappa shape index (κ2) is 5.99. The minimum atomic E-state index is 0.253. The quantitative estimate of drug-likeness (QED) is 0.773. The number of nitrogens with zero attached hydrogens (tertiary/aromatic N) is 2. The monoisotopic (exact) mass is 227 g/mol. The molecule has 1 rings (SSSR count). The Kier molecular flexibility index (Phi) is 5.22. The molecule has 2 N–H and O–H groups in total. The summed E-state index contributed by atoms with van der Waals surface area (Å²) in [5.74, 6) is 0. The molecule has 3 nitrogen and oxygen atoms in total. The zero-order valence-electron chi connectivity index (χ0n) is 11.5. The minimum Gasteiger partial charge on any atom is -0.329 e. The van der Waals surface area contributed by atoms with Gasteiger partial charge in [-0.2, -0.15) is 0 Å². The van der Waals surface area contributed by atoms with Crippen LogP contribution in [0, 0.1) is 0 Å². The SMILES string of the molecule is CCC(CC)N(C)C1(CN)CCN(C)CC1. The highest BCUT2D eigenvalue weighted by Crippen LogP contribution is 2.29. The molecule has 0 unspecified atom stereocenters. The van der Waals surface area contributed by atoms with E-state index in [-0.39, 0.29) is 5.54 Å². The molecule has 0 radical (unpaired) electrons. The lowest BCUT2D eigenvalue weighted by atomic mass is 9.84. The highest BCUT2D eigenvalue weighted by atomic mass is 15.2. The Morgan fingerprint density at radius 2 is 1.75 bits per heavy atom. The molecular formula is C13H29N3. The Balaban J connectivity index is 2.71. The summed E-state index contributed by atoms with van der Waals surface area (Å²) in [5.41, 5.74) is 6.32. The van der Waals surface area contributed by atoms with Crippen LogP contribution in [0.4, 0.5) is 0 Å². The molecule has 1 saturated heterocycles. The summed E-state index contributed by atoms with van der Waals surface area (Å²) in [6, 6.07) is 0.687. The number of rotatable bonds is 5. The highest BCUT2D eigenvalue weighted by Gasteiger charge is 2.38. The zero-order valence-corrected chi connectivity index (χ0v) is 11.5. The van der Waals surface area contributed by atoms with E-state index in [2.05, 4.69) is 37.7 Å². The van der Waals surface area contributed by atoms with Gasteiger partial charge in [-0.1, -0.05) is 13.8 Å². The number of nitrogens with two attached hydrogens (primary N) is 1. The molecule has 0 aromatic rings. The van der Waals surface area contributed by atoms with Gasteiger partial charge in [0.25, 0.3) is 0 Å². The average molecular weight is 227 g/mol. The predicted octanol–water partition coefficient (Wildman–Crippen LogP) is 1.53. The standard InChI is InChI=1S/C13H29N3/c1-5-12(6-2)16(4)13(11-14)7-9-15(3)10-8-13/h12H,5-11,14H2,1-4H3. The van der Waals surface area contributed by atoms with Gasteiger partial charge in [0.05, 0.1) is 0 Å². The van der Waals surface area contributed by atoms with Crippen LogP contribution in [0.5, 0.6) is 0 Å². The van der Waals surface area contributed by atoms with Gasteiger partial charge in [0.1, 0.15) is 0 Å². The van der Waals surface area contributed by atoms with Crippen LogP contribution in [0.25, 0.3) is 0 Å². The van der Waals surface area contributed by atoms with E-state index >= 15 is 0 Å². The Morgan fingerprint density at radius 1 is 1.25 bits per heavy atom. The van der Waals surface area contributed by atoms with Gasteiger partial charge in [-0.25, -0.2) is 0 Å². The summed E-state index contributed by atoms with van der Waals surface area (Å²) < 4.78 is 0. The summed E-state index contributed by atoms with van der Waals surface area (Å²) >= 11 is 0. The van der Waals surface area contributed by atoms with Gasteiger partial charge in [0.15, 0.2) is 0 Å². The van der Waals surface area contributed by atoms with Gasteiger partial charge in [0, 0.05) is 18.1 Å². The van der Waals surface area contributed by atoms with Crippen molar-refractivity contribution in [3.05, 3.63) is 0 Å². The first-order valence-electron chi connectivity index (χ1n) is 6.71. The summed E-state index contributed by atoms with van der Waals surface area (Å²) in [6.07, 6.45) is 4.88. The minimum absolute atomic E-state index is 0.253. The second-order valence-corrected chi connectivity index (χ2v) is 5.31. The Morgan fingerprint density at radius 3 is 2.12 bits per heavy atom. The lowest BCUT2D eigenvalue weighted by Crippen LogP contribution is -2.60. The highest BCUT2D eigenvalue weighted by molar-refractivity contribution is 4.96. The Hall–Kier alpha value is -0.120. The van der Waals surface area contributed by atoms with Gasteiger partial charge in [-0.3, -0.25) is 4.90 Å². The first kappa shape index (κ1) is 13.9. The molecule has 1 aliphatic heterocycles. The van der Waals surface area contributed by atoms with E-state index in [0.29, 0.717) is 6.04 Å². The molecule has 0 amide bonds. The van der Waals surface area contributed by atoms with Crippen molar-refractivity contribution in [1.82, 2.24) is 9.80 Å². The van der Waals surface area contributed by atoms with Crippen LogP contribution in [-0.4, -0.2) is 55.1 Å². The van der Waals surface area contributed by atoms with Gasteiger partial charge in [0.2, 0.25) is 0 Å². The van der Waals surface area contributed by atoms with Crippen molar-refractivity contribution in [2.45, 2.75) is 51.1 Å². The fourth-order valence-electron chi connectivity index (χ4n) is 2.96. The largest absolute Gasteiger partial charge is 0.329 e. The average Bonchev–Trinajstić information content (AvgIpc) is 2.32. The number of likely N-dealkylation sites (tertiary alicyclic amines) is 1. The van der Waals surface area contributed by atoms with Crippen LogP contribution in [0.3, 0.4) is 0 Å². The van der Waals surface area contributed by atoms with Crippen LogP contribution in [0.2, 0.25) is 0 Å². The molecule has 0 atom stereocenters. The molecule has 1 heterocycles. The van der Waals surface area contributed by atoms with Gasteiger partial charge >= 0.3 is 0 Å². The number of likely N-dealkylation sites (N-methyl/N-ethyl adjacent to an activating group) is 1. The van der Waals surface area contributed by atoms with Crippen molar-refractivity contribution >= 4 is 0 Å². The normalized spacial score (nSPS) is 21.9. The van der Waals surface area contributed by atoms with Gasteiger partial charge in [-0.15, -0.1) is 0 Å². The van der Waals surface area contributed by atoms with Crippen LogP contribution in [-0.2, 0) is 0 Å². The van der Waals surface area contributed by atoms with Crippen LogP contribution in [0.15, 0.2) is 0 Å². The molecule has 96 valence electrons. The summed E-state index contributed by atoms with van der Waals surface area (Å²) in [6.45, 7) is 7.73. The molecule has 0 spiro atoms. The maximum Gasteiger partial charge on any atom is 0.0355 e. The number of hydrogen-bond donors (Lipinski definition) is 1. The van der Waals surface area contributed by atoms with Gasteiger partial charge < -0.3 is 10.6 Å². The van der Waals surface area contributed by atoms with E-state index in [1.165, 1.54) is 38.8 Å². The first-order valence-corrected chi connectivity index (χ1v) is 6.71. The van der Waals surface area contributed by atoms with E-state index in [1.54, 1.807) is 0 Å². The third-order valence-corrected chi connectivity index (χ3v) is 4.54. The molecule has 0 bridgehead atoms. The predicted molar refractivity (Wildman–Crippen MR) is 70.6 cm³/mol. The molecule has 16 heavy (non-hydrogen) atoms. The van der Waals surface area contributed by atoms with Crippen molar-refractivity contribution in [2.75, 3.05) is 33.7 Å². The molecule has 0 aromatic heterocycles. The van der Waals surface area contributed by atoms with E-state index < -0.39 is 0 Å². The summed E-state index contributed by atoms with van der Waals surface area (Å²) in [7, 11) is 4.48. The molecule has 1 fully saturated rings. The molecule has 3 heteroatoms. The lowest BCUT2D eigenvalue weighted by molar-refractivity contribution is 0.0201. The molecular weight excluding hydrogens is 198 g/mol. The lowest BCUT2D eigenvalue weighted by Gasteiger charge is -2.49.